The van der Waals surface area contributed by atoms with Crippen molar-refractivity contribution in [3.63, 3.8) is 0 Å². The van der Waals surface area contributed by atoms with E-state index in [1.54, 1.807) is 5.38 Å². The van der Waals surface area contributed by atoms with Crippen LogP contribution < -0.4 is 5.32 Å². The Labute approximate surface area is 102 Å². The molecule has 1 aromatic rings. The van der Waals surface area contributed by atoms with Gasteiger partial charge in [0.2, 0.25) is 7.94 Å². The third-order valence-corrected chi connectivity index (χ3v) is 4.70. The normalized spacial score (nSPS) is 18.9. The first-order valence-electron chi connectivity index (χ1n) is 4.92. The van der Waals surface area contributed by atoms with Crippen LogP contribution in [0.3, 0.4) is 0 Å². The number of anilines is 1. The predicted molar refractivity (Wildman–Crippen MR) is 63.1 cm³/mol. The van der Waals surface area contributed by atoms with Gasteiger partial charge >= 0.3 is 6.09 Å². The van der Waals surface area contributed by atoms with Crippen LogP contribution in [0.2, 0.25) is 0 Å². The van der Waals surface area contributed by atoms with E-state index < -0.39 is 14.0 Å². The standard InChI is InChI=1S/C8H12N2O5PS/c11-8(12)10-7-9-6(5-17-7)4-16(13)14-2-1-3-15-16/h5,13H,1-4H2,(H,9,10)(H,11,12). The third-order valence-electron chi connectivity index (χ3n) is 2.00. The van der Waals surface area contributed by atoms with E-state index in [1.807, 2.05) is 0 Å². The zero-order chi connectivity index (χ0) is 12.3. The fourth-order valence-corrected chi connectivity index (χ4v) is 3.82. The molecule has 17 heavy (non-hydrogen) atoms. The Morgan fingerprint density at radius 2 is 2.29 bits per heavy atom. The number of hydrogen-bond acceptors (Lipinski definition) is 6. The quantitative estimate of drug-likeness (QED) is 0.731. The molecule has 1 aliphatic rings. The minimum absolute atomic E-state index is 0.185. The van der Waals surface area contributed by atoms with Crippen molar-refractivity contribution in [3.8, 4) is 0 Å². The maximum atomic E-state index is 10.4. The van der Waals surface area contributed by atoms with Gasteiger partial charge in [0.15, 0.2) is 5.13 Å². The molecule has 0 aromatic carbocycles. The Bertz CT molecular complexity index is 406. The van der Waals surface area contributed by atoms with Crippen molar-refractivity contribution >= 4 is 30.5 Å². The van der Waals surface area contributed by atoms with Crippen LogP contribution in [0, 0.1) is 0 Å². The average molecular weight is 279 g/mol. The number of carboxylic acid groups (broad SMARTS) is 1. The summed E-state index contributed by atoms with van der Waals surface area (Å²) < 4.78 is 10.5. The first-order valence-corrected chi connectivity index (χ1v) is 7.56. The topological polar surface area (TPSA) is 101 Å². The minimum atomic E-state index is -2.84. The number of aromatic nitrogens is 1. The molecule has 95 valence electrons. The maximum Gasteiger partial charge on any atom is 0.410 e. The zero-order valence-corrected chi connectivity index (χ0v) is 10.5. The van der Waals surface area contributed by atoms with Crippen molar-refractivity contribution in [1.82, 2.24) is 4.98 Å². The van der Waals surface area contributed by atoms with Crippen LogP contribution in [0.1, 0.15) is 12.1 Å². The molecule has 1 aliphatic heterocycles. The van der Waals surface area contributed by atoms with Crippen LogP contribution in [-0.4, -0.2) is 34.3 Å². The van der Waals surface area contributed by atoms with Gasteiger partial charge in [-0.1, -0.05) is 0 Å². The second kappa shape index (κ2) is 5.24. The second-order valence-electron chi connectivity index (χ2n) is 3.39. The van der Waals surface area contributed by atoms with E-state index in [4.69, 9.17) is 14.2 Å². The molecule has 0 unspecified atom stereocenters. The third kappa shape index (κ3) is 3.58. The molecule has 1 fully saturated rings. The summed E-state index contributed by atoms with van der Waals surface area (Å²) >= 11 is 1.16. The highest BCUT2D eigenvalue weighted by Gasteiger charge is 2.31. The van der Waals surface area contributed by atoms with Gasteiger partial charge in [-0.2, -0.15) is 0 Å². The lowest BCUT2D eigenvalue weighted by Gasteiger charge is -2.32. The molecule has 0 spiro atoms. The molecule has 3 N–H and O–H groups in total. The summed E-state index contributed by atoms with van der Waals surface area (Å²) in [5.74, 6) is 0. The van der Waals surface area contributed by atoms with E-state index in [-0.39, 0.29) is 11.3 Å². The van der Waals surface area contributed by atoms with Crippen molar-refractivity contribution in [1.29, 1.82) is 0 Å². The average Bonchev–Trinajstić information content (AvgIpc) is 2.64. The minimum Gasteiger partial charge on any atom is -0.465 e. The summed E-state index contributed by atoms with van der Waals surface area (Å²) in [4.78, 5) is 24.4. The van der Waals surface area contributed by atoms with Gasteiger partial charge < -0.3 is 19.0 Å². The summed E-state index contributed by atoms with van der Waals surface area (Å²) in [6.45, 7) is 0.962. The highest BCUT2D eigenvalue weighted by molar-refractivity contribution is 7.59. The lowest BCUT2D eigenvalue weighted by Crippen LogP contribution is -2.14. The van der Waals surface area contributed by atoms with Crippen LogP contribution in [0.15, 0.2) is 5.38 Å². The number of hydrogen-bond donors (Lipinski definition) is 3. The van der Waals surface area contributed by atoms with Gasteiger partial charge in [0.1, 0.15) is 0 Å². The summed E-state index contributed by atoms with van der Waals surface area (Å²) in [5.41, 5.74) is 0.566. The fourth-order valence-electron chi connectivity index (χ4n) is 1.34. The summed E-state index contributed by atoms with van der Waals surface area (Å²) in [5, 5.41) is 12.6. The molecular weight excluding hydrogens is 267 g/mol. The number of nitrogens with one attached hydrogen (secondary N) is 1. The van der Waals surface area contributed by atoms with Crippen molar-refractivity contribution in [2.75, 3.05) is 18.5 Å². The second-order valence-corrected chi connectivity index (χ2v) is 6.36. The molecule has 1 radical (unpaired) electrons. The summed E-state index contributed by atoms with van der Waals surface area (Å²) in [7, 11) is -2.84. The van der Waals surface area contributed by atoms with Gasteiger partial charge in [0.25, 0.3) is 0 Å². The van der Waals surface area contributed by atoms with Crippen LogP contribution in [0.25, 0.3) is 0 Å². The van der Waals surface area contributed by atoms with Gasteiger partial charge in [-0.3, -0.25) is 5.32 Å². The number of nitrogens with zero attached hydrogens (tertiary/aromatic N) is 1. The molecule has 0 bridgehead atoms. The van der Waals surface area contributed by atoms with E-state index in [9.17, 15) is 9.69 Å². The van der Waals surface area contributed by atoms with Crippen molar-refractivity contribution in [2.24, 2.45) is 0 Å². The Hall–Kier alpha value is -0.790. The molecule has 0 atom stereocenters. The van der Waals surface area contributed by atoms with E-state index in [2.05, 4.69) is 10.3 Å². The molecule has 2 rings (SSSR count). The lowest BCUT2D eigenvalue weighted by molar-refractivity contribution is 0.120. The van der Waals surface area contributed by atoms with Crippen molar-refractivity contribution in [3.05, 3.63) is 11.1 Å². The molecule has 9 heteroatoms. The SMILES string of the molecule is O=C(O)Nc1nc(C[P]2(O)OCCCO2)cs1. The molecule has 7 nitrogen and oxygen atoms in total. The van der Waals surface area contributed by atoms with Crippen LogP contribution in [-0.2, 0) is 15.2 Å². The zero-order valence-electron chi connectivity index (χ0n) is 8.83. The first kappa shape index (κ1) is 12.7. The van der Waals surface area contributed by atoms with Gasteiger partial charge in [0, 0.05) is 5.38 Å². The predicted octanol–water partition coefficient (Wildman–Crippen LogP) is 1.92. The molecule has 0 saturated carbocycles. The van der Waals surface area contributed by atoms with Crippen LogP contribution >= 0.6 is 19.3 Å². The molecule has 1 amide bonds. The Balaban J connectivity index is 1.98. The van der Waals surface area contributed by atoms with Gasteiger partial charge in [-0.15, -0.1) is 11.3 Å². The highest BCUT2D eigenvalue weighted by Crippen LogP contribution is 2.61. The monoisotopic (exact) mass is 279 g/mol. The number of rotatable bonds is 3. The molecule has 1 saturated heterocycles. The largest absolute Gasteiger partial charge is 0.465 e. The van der Waals surface area contributed by atoms with E-state index in [1.165, 1.54) is 0 Å². The van der Waals surface area contributed by atoms with Gasteiger partial charge in [0.05, 0.1) is 25.1 Å². The molecule has 1 aromatic heterocycles. The van der Waals surface area contributed by atoms with Crippen molar-refractivity contribution < 1.29 is 23.8 Å². The van der Waals surface area contributed by atoms with Gasteiger partial charge in [-0.25, -0.2) is 9.78 Å². The highest BCUT2D eigenvalue weighted by atomic mass is 32.1. The Morgan fingerprint density at radius 3 is 2.94 bits per heavy atom. The van der Waals surface area contributed by atoms with Crippen LogP contribution in [0.5, 0.6) is 0 Å². The van der Waals surface area contributed by atoms with E-state index in [0.29, 0.717) is 18.9 Å². The number of thiazole rings is 1. The van der Waals surface area contributed by atoms with Crippen LogP contribution in [0.4, 0.5) is 9.93 Å². The number of amides is 1. The lowest BCUT2D eigenvalue weighted by atomic mass is 10.5. The molecule has 2 heterocycles. The molecule has 0 aliphatic carbocycles. The van der Waals surface area contributed by atoms with Crippen molar-refractivity contribution in [2.45, 2.75) is 12.6 Å². The summed E-state index contributed by atoms with van der Waals surface area (Å²) in [6.07, 6.45) is -0.208. The first-order chi connectivity index (χ1) is 8.07. The van der Waals surface area contributed by atoms with Gasteiger partial charge in [-0.05, 0) is 6.42 Å². The number of carbonyl (C=O) groups is 1. The molecular formula is C8H12N2O5PS. The smallest absolute Gasteiger partial charge is 0.410 e. The Morgan fingerprint density at radius 1 is 1.59 bits per heavy atom. The van der Waals surface area contributed by atoms with E-state index >= 15 is 0 Å². The fraction of sp³-hybridized carbons (Fsp3) is 0.500. The van der Waals surface area contributed by atoms with E-state index in [0.717, 1.165) is 17.8 Å². The summed E-state index contributed by atoms with van der Waals surface area (Å²) in [6, 6.07) is 0. The maximum absolute atomic E-state index is 10.4. The Kier molecular flexibility index (Phi) is 3.90.